The molecule has 0 aliphatic rings. The molecule has 0 saturated heterocycles. The molecule has 0 bridgehead atoms. The third-order valence-electron chi connectivity index (χ3n) is 0. The summed E-state index contributed by atoms with van der Waals surface area (Å²) < 4.78 is 0. The third-order valence-corrected chi connectivity index (χ3v) is 0. The van der Waals surface area contributed by atoms with Crippen LogP contribution >= 0.6 is 0 Å². The van der Waals surface area contributed by atoms with Gasteiger partial charge in [-0.3, -0.25) is 0 Å². The van der Waals surface area contributed by atoms with Crippen molar-refractivity contribution in [3.05, 3.63) is 0 Å². The number of carbonyl (C=O) groups is 4. The van der Waals surface area contributed by atoms with Crippen LogP contribution in [0, 0.1) is 0 Å². The van der Waals surface area contributed by atoms with Crippen molar-refractivity contribution in [1.29, 1.82) is 0 Å². The molecule has 0 atom stereocenters. The zero-order valence-corrected chi connectivity index (χ0v) is 17.6. The standard InChI is InChI=1S/4CH2O3.4H2O.3Zr/c4*2-1(3)4;;;;;;;/h4*(H2,2,3,4);4*1H2;;;/q;;;;;;;;3*+4/p-12. The van der Waals surface area contributed by atoms with Crippen molar-refractivity contribution in [2.45, 2.75) is 0 Å². The van der Waals surface area contributed by atoms with Gasteiger partial charge in [-0.25, -0.2) is 0 Å². The monoisotopic (exact) mass is 578 g/mol. The van der Waals surface area contributed by atoms with Crippen LogP contribution in [0.3, 0.4) is 0 Å². The second-order valence-electron chi connectivity index (χ2n) is 1.00. The fourth-order valence-corrected chi connectivity index (χ4v) is 0. The topological polar surface area (TPSA) is 373 Å². The Morgan fingerprint density at radius 3 is 0.348 bits per heavy atom. The van der Waals surface area contributed by atoms with Gasteiger partial charge in [-0.05, 0) is 24.6 Å². The fraction of sp³-hybridized carbons (Fsp3) is 0. The molecule has 23 heavy (non-hydrogen) atoms. The normalized spacial score (nSPS) is 4.17. The predicted octanol–water partition coefficient (Wildman–Crippen LogP) is -10.5. The summed E-state index contributed by atoms with van der Waals surface area (Å²) in [4.78, 5) is 33.3. The zero-order valence-electron chi connectivity index (χ0n) is 10.2. The van der Waals surface area contributed by atoms with Crippen molar-refractivity contribution in [2.75, 3.05) is 0 Å². The SMILES string of the molecule is O=C([O-])[O-].O=C([O-])[O-].O=C([O-])[O-].O=C([O-])[O-].[OH-].[OH-].[OH-].[OH-].[Zr+4].[Zr+4].[Zr+4]. The van der Waals surface area contributed by atoms with Gasteiger partial charge < -0.3 is 81.9 Å². The van der Waals surface area contributed by atoms with Gasteiger partial charge in [-0.1, -0.05) is 0 Å². The summed E-state index contributed by atoms with van der Waals surface area (Å²) in [6, 6.07) is 0. The zero-order chi connectivity index (χ0) is 14.3. The molecule has 0 aromatic heterocycles. The molecular weight excluding hydrogens is 578 g/mol. The molecule has 19 heteroatoms. The van der Waals surface area contributed by atoms with E-state index in [2.05, 4.69) is 0 Å². The maximum atomic E-state index is 8.33. The predicted molar refractivity (Wildman–Crippen MR) is 29.3 cm³/mol. The number of hydrogen-bond acceptors (Lipinski definition) is 16. The molecule has 0 spiro atoms. The summed E-state index contributed by atoms with van der Waals surface area (Å²) in [6.07, 6.45) is -9.33. The molecule has 16 nitrogen and oxygen atoms in total. The van der Waals surface area contributed by atoms with Crippen LogP contribution in [0.2, 0.25) is 0 Å². The van der Waals surface area contributed by atoms with E-state index >= 15 is 0 Å². The van der Waals surface area contributed by atoms with Gasteiger partial charge in [0.05, 0.1) is 0 Å². The molecule has 0 fully saturated rings. The average molecular weight is 582 g/mol. The van der Waals surface area contributed by atoms with Crippen LogP contribution in [0.1, 0.15) is 0 Å². The molecule has 0 radical (unpaired) electrons. The van der Waals surface area contributed by atoms with Gasteiger partial charge in [-0.2, -0.15) is 0 Å². The first-order valence-corrected chi connectivity index (χ1v) is 2.45. The Morgan fingerprint density at radius 2 is 0.348 bits per heavy atom. The smallest absolute Gasteiger partial charge is 0.870 e. The van der Waals surface area contributed by atoms with E-state index in [4.69, 9.17) is 60.0 Å². The Hall–Kier alpha value is -0.431. The number of carboxylic acid groups (broad SMARTS) is 8. The van der Waals surface area contributed by atoms with Crippen LogP contribution in [0.5, 0.6) is 0 Å². The molecular formula is C4H4O16Zr3. The van der Waals surface area contributed by atoms with Crippen LogP contribution in [-0.4, -0.2) is 46.5 Å². The van der Waals surface area contributed by atoms with Gasteiger partial charge in [0.25, 0.3) is 0 Å². The Kier molecular flexibility index (Phi) is 233. The third kappa shape index (κ3) is 44500. The van der Waals surface area contributed by atoms with Crippen LogP contribution in [0.15, 0.2) is 0 Å². The number of rotatable bonds is 0. The summed E-state index contributed by atoms with van der Waals surface area (Å²) in [5.41, 5.74) is 0. The number of carbonyl (C=O) groups excluding carboxylic acids is 4. The van der Waals surface area contributed by atoms with Crippen molar-refractivity contribution in [3.8, 4) is 0 Å². The molecule has 0 aliphatic carbocycles. The van der Waals surface area contributed by atoms with Crippen LogP contribution in [0.25, 0.3) is 0 Å². The van der Waals surface area contributed by atoms with Gasteiger partial charge in [0, 0.05) is 0 Å². The maximum Gasteiger partial charge on any atom is 4.00 e. The first kappa shape index (κ1) is 78.4. The van der Waals surface area contributed by atoms with Crippen molar-refractivity contribution in [3.63, 3.8) is 0 Å². The van der Waals surface area contributed by atoms with Crippen molar-refractivity contribution in [1.82, 2.24) is 0 Å². The first-order valence-electron chi connectivity index (χ1n) is 2.45. The van der Waals surface area contributed by atoms with Gasteiger partial charge >= 0.3 is 78.6 Å². The van der Waals surface area contributed by atoms with Crippen molar-refractivity contribution in [2.24, 2.45) is 0 Å². The van der Waals surface area contributed by atoms with Gasteiger partial charge in [0.1, 0.15) is 0 Å². The van der Waals surface area contributed by atoms with E-state index in [1.807, 2.05) is 0 Å². The van der Waals surface area contributed by atoms with E-state index < -0.39 is 24.6 Å². The summed E-state index contributed by atoms with van der Waals surface area (Å²) in [5.74, 6) is 0. The Morgan fingerprint density at radius 1 is 0.348 bits per heavy atom. The Bertz CT molecular complexity index is 167. The quantitative estimate of drug-likeness (QED) is 0.256. The van der Waals surface area contributed by atoms with E-state index in [0.717, 1.165) is 0 Å². The second kappa shape index (κ2) is 68.2. The van der Waals surface area contributed by atoms with Gasteiger partial charge in [0.15, 0.2) is 0 Å². The van der Waals surface area contributed by atoms with E-state index in [-0.39, 0.29) is 101 Å². The molecule has 0 saturated carbocycles. The van der Waals surface area contributed by atoms with Crippen molar-refractivity contribution < 1.29 is 161 Å². The van der Waals surface area contributed by atoms with E-state index in [1.165, 1.54) is 0 Å². The van der Waals surface area contributed by atoms with E-state index in [0.29, 0.717) is 0 Å². The molecule has 0 aromatic rings. The van der Waals surface area contributed by atoms with Gasteiger partial charge in [-0.15, -0.1) is 0 Å². The summed E-state index contributed by atoms with van der Waals surface area (Å²) in [6.45, 7) is 0. The maximum absolute atomic E-state index is 8.33. The Labute approximate surface area is 184 Å². The molecule has 0 aromatic carbocycles. The first-order chi connectivity index (χ1) is 6.93. The minimum absolute atomic E-state index is 0. The molecule has 128 valence electrons. The number of hydrogen-bond donors (Lipinski definition) is 0. The fourth-order valence-electron chi connectivity index (χ4n) is 0. The van der Waals surface area contributed by atoms with Crippen molar-refractivity contribution >= 4 is 24.6 Å². The Balaban J connectivity index is -0.00000000842. The summed E-state index contributed by atoms with van der Waals surface area (Å²) >= 11 is 0. The summed E-state index contributed by atoms with van der Waals surface area (Å²) in [5, 5.41) is 66.7. The molecule has 4 N–H and O–H groups in total. The molecule has 0 heterocycles. The van der Waals surface area contributed by atoms with Crippen LogP contribution in [0.4, 0.5) is 19.2 Å². The molecule has 0 amide bonds. The minimum Gasteiger partial charge on any atom is -0.870 e. The van der Waals surface area contributed by atoms with Crippen LogP contribution < -0.4 is 40.9 Å². The minimum atomic E-state index is -2.33. The average Bonchev–Trinajstić information content (AvgIpc) is 1.76. The van der Waals surface area contributed by atoms with E-state index in [9.17, 15) is 0 Å². The molecule has 0 aliphatic heterocycles. The van der Waals surface area contributed by atoms with E-state index in [1.54, 1.807) is 0 Å². The van der Waals surface area contributed by atoms with Crippen LogP contribution in [-0.2, 0) is 78.6 Å². The summed E-state index contributed by atoms with van der Waals surface area (Å²) in [7, 11) is 0. The largest absolute Gasteiger partial charge is 4.00 e. The second-order valence-corrected chi connectivity index (χ2v) is 1.00. The molecule has 0 rings (SSSR count). The van der Waals surface area contributed by atoms with Gasteiger partial charge in [0.2, 0.25) is 0 Å². The molecule has 0 unspecified atom stereocenters.